The molecule has 17 heavy (non-hydrogen) atoms. The first-order valence-corrected chi connectivity index (χ1v) is 7.15. The zero-order chi connectivity index (χ0) is 12.7. The van der Waals surface area contributed by atoms with E-state index in [2.05, 4.69) is 18.7 Å². The lowest BCUT2D eigenvalue weighted by Crippen LogP contribution is -2.26. The second kappa shape index (κ2) is 7.70. The first-order valence-electron chi connectivity index (χ1n) is 7.15. The van der Waals surface area contributed by atoms with Gasteiger partial charge in [0.15, 0.2) is 0 Å². The Bertz CT molecular complexity index is 226. The van der Waals surface area contributed by atoms with Crippen LogP contribution in [0, 0.1) is 17.2 Å². The van der Waals surface area contributed by atoms with Crippen molar-refractivity contribution in [2.45, 2.75) is 52.4 Å². The van der Waals surface area contributed by atoms with E-state index in [0.717, 1.165) is 24.7 Å². The molecule has 0 saturated carbocycles. The maximum atomic E-state index is 7.19. The minimum atomic E-state index is 0.334. The minimum Gasteiger partial charge on any atom is -0.388 e. The Morgan fingerprint density at radius 3 is 2.71 bits per heavy atom. The normalized spacial score (nSPS) is 22.6. The van der Waals surface area contributed by atoms with Crippen molar-refractivity contribution in [1.82, 2.24) is 4.90 Å². The van der Waals surface area contributed by atoms with Gasteiger partial charge in [-0.05, 0) is 63.6 Å². The molecule has 3 N–H and O–H groups in total. The van der Waals surface area contributed by atoms with Gasteiger partial charge < -0.3 is 10.6 Å². The zero-order valence-electron chi connectivity index (χ0n) is 11.5. The molecule has 1 aliphatic heterocycles. The lowest BCUT2D eigenvalue weighted by atomic mass is 9.89. The molecule has 1 heterocycles. The van der Waals surface area contributed by atoms with Gasteiger partial charge in [-0.15, -0.1) is 0 Å². The third-order valence-electron chi connectivity index (χ3n) is 3.98. The van der Waals surface area contributed by atoms with Gasteiger partial charge in [0.2, 0.25) is 0 Å². The summed E-state index contributed by atoms with van der Waals surface area (Å²) in [5.41, 5.74) is 5.36. The quantitative estimate of drug-likeness (QED) is 0.425. The summed E-state index contributed by atoms with van der Waals surface area (Å²) in [6.07, 6.45) is 7.15. The van der Waals surface area contributed by atoms with Crippen LogP contribution in [-0.4, -0.2) is 30.4 Å². The van der Waals surface area contributed by atoms with E-state index in [1.54, 1.807) is 0 Å². The van der Waals surface area contributed by atoms with Crippen LogP contribution in [0.15, 0.2) is 0 Å². The number of nitrogens with two attached hydrogens (primary N) is 1. The highest BCUT2D eigenvalue weighted by atomic mass is 15.1. The molecular weight excluding hydrogens is 210 g/mol. The van der Waals surface area contributed by atoms with Crippen molar-refractivity contribution in [2.24, 2.45) is 17.6 Å². The largest absolute Gasteiger partial charge is 0.388 e. The van der Waals surface area contributed by atoms with Crippen molar-refractivity contribution in [3.63, 3.8) is 0 Å². The number of unbranched alkanes of at least 4 members (excludes halogenated alkanes) is 1. The van der Waals surface area contributed by atoms with Crippen LogP contribution in [-0.2, 0) is 0 Å². The molecule has 0 aromatic heterocycles. The van der Waals surface area contributed by atoms with Gasteiger partial charge >= 0.3 is 0 Å². The Kier molecular flexibility index (Phi) is 6.56. The summed E-state index contributed by atoms with van der Waals surface area (Å²) < 4.78 is 0. The second-order valence-corrected chi connectivity index (χ2v) is 5.76. The summed E-state index contributed by atoms with van der Waals surface area (Å²) in [5, 5.41) is 7.19. The number of amidine groups is 1. The molecule has 0 radical (unpaired) electrons. The molecule has 1 saturated heterocycles. The third kappa shape index (κ3) is 6.06. The summed E-state index contributed by atoms with van der Waals surface area (Å²) in [7, 11) is 0. The Labute approximate surface area is 106 Å². The molecule has 0 amide bonds. The average Bonchev–Trinajstić information content (AvgIpc) is 2.49. The number of likely N-dealkylation sites (tertiary alicyclic amines) is 1. The zero-order valence-corrected chi connectivity index (χ0v) is 11.5. The highest BCUT2D eigenvalue weighted by Gasteiger charge is 2.18. The van der Waals surface area contributed by atoms with Gasteiger partial charge in [-0.3, -0.25) is 5.41 Å². The lowest BCUT2D eigenvalue weighted by Gasteiger charge is -2.21. The number of nitrogens with one attached hydrogen (secondary N) is 1. The monoisotopic (exact) mass is 239 g/mol. The van der Waals surface area contributed by atoms with Gasteiger partial charge in [0.1, 0.15) is 0 Å². The number of rotatable bonds is 6. The van der Waals surface area contributed by atoms with Gasteiger partial charge in [0.25, 0.3) is 0 Å². The van der Waals surface area contributed by atoms with Crippen LogP contribution in [0.5, 0.6) is 0 Å². The predicted molar refractivity (Wildman–Crippen MR) is 74.4 cm³/mol. The maximum Gasteiger partial charge on any atom is 0.0905 e. The molecule has 0 aromatic carbocycles. The smallest absolute Gasteiger partial charge is 0.0905 e. The summed E-state index contributed by atoms with van der Waals surface area (Å²) >= 11 is 0. The fraction of sp³-hybridized carbons (Fsp3) is 0.929. The lowest BCUT2D eigenvalue weighted by molar-refractivity contribution is 0.267. The van der Waals surface area contributed by atoms with Crippen LogP contribution in [0.25, 0.3) is 0 Å². The molecule has 3 nitrogen and oxygen atoms in total. The van der Waals surface area contributed by atoms with Crippen LogP contribution in [0.4, 0.5) is 0 Å². The molecule has 1 unspecified atom stereocenters. The molecule has 0 bridgehead atoms. The highest BCUT2D eigenvalue weighted by Crippen LogP contribution is 2.24. The van der Waals surface area contributed by atoms with Gasteiger partial charge in [0, 0.05) is 6.42 Å². The Hall–Kier alpha value is -0.570. The molecule has 1 rings (SSSR count). The molecular formula is C14H29N3. The average molecular weight is 239 g/mol. The first-order chi connectivity index (χ1) is 8.09. The van der Waals surface area contributed by atoms with Crippen LogP contribution >= 0.6 is 0 Å². The predicted octanol–water partition coefficient (Wildman–Crippen LogP) is 2.85. The van der Waals surface area contributed by atoms with Crippen molar-refractivity contribution in [2.75, 3.05) is 19.6 Å². The van der Waals surface area contributed by atoms with Gasteiger partial charge in [0.05, 0.1) is 5.84 Å². The molecule has 0 aromatic rings. The SMILES string of the molecule is CC(C)C1CCCN(CCCCC(=N)N)CC1. The van der Waals surface area contributed by atoms with Crippen molar-refractivity contribution in [3.8, 4) is 0 Å². The van der Waals surface area contributed by atoms with Crippen molar-refractivity contribution in [3.05, 3.63) is 0 Å². The van der Waals surface area contributed by atoms with Crippen molar-refractivity contribution < 1.29 is 0 Å². The Balaban J connectivity index is 2.16. The van der Waals surface area contributed by atoms with E-state index in [9.17, 15) is 0 Å². The molecule has 1 fully saturated rings. The first kappa shape index (κ1) is 14.5. The molecule has 0 aliphatic carbocycles. The summed E-state index contributed by atoms with van der Waals surface area (Å²) in [6.45, 7) is 8.44. The van der Waals surface area contributed by atoms with E-state index >= 15 is 0 Å². The fourth-order valence-electron chi connectivity index (χ4n) is 2.72. The van der Waals surface area contributed by atoms with E-state index in [4.69, 9.17) is 11.1 Å². The molecule has 1 atom stereocenters. The topological polar surface area (TPSA) is 53.1 Å². The Morgan fingerprint density at radius 2 is 2.06 bits per heavy atom. The van der Waals surface area contributed by atoms with Crippen LogP contribution in [0.3, 0.4) is 0 Å². The number of hydrogen-bond donors (Lipinski definition) is 2. The fourth-order valence-corrected chi connectivity index (χ4v) is 2.72. The van der Waals surface area contributed by atoms with E-state index in [1.165, 1.54) is 45.3 Å². The summed E-state index contributed by atoms with van der Waals surface area (Å²) in [4.78, 5) is 2.60. The van der Waals surface area contributed by atoms with Crippen molar-refractivity contribution >= 4 is 5.84 Å². The minimum absolute atomic E-state index is 0.334. The Morgan fingerprint density at radius 1 is 1.29 bits per heavy atom. The molecule has 3 heteroatoms. The summed E-state index contributed by atoms with van der Waals surface area (Å²) in [5.74, 6) is 2.10. The molecule has 100 valence electrons. The van der Waals surface area contributed by atoms with Gasteiger partial charge in [-0.25, -0.2) is 0 Å². The van der Waals surface area contributed by atoms with Crippen molar-refractivity contribution in [1.29, 1.82) is 5.41 Å². The van der Waals surface area contributed by atoms with Crippen LogP contribution in [0.1, 0.15) is 52.4 Å². The van der Waals surface area contributed by atoms with E-state index in [1.807, 2.05) is 0 Å². The van der Waals surface area contributed by atoms with E-state index in [0.29, 0.717) is 5.84 Å². The van der Waals surface area contributed by atoms with Crippen LogP contribution < -0.4 is 5.73 Å². The maximum absolute atomic E-state index is 7.19. The van der Waals surface area contributed by atoms with E-state index < -0.39 is 0 Å². The second-order valence-electron chi connectivity index (χ2n) is 5.76. The molecule has 1 aliphatic rings. The highest BCUT2D eigenvalue weighted by molar-refractivity contribution is 5.76. The van der Waals surface area contributed by atoms with Gasteiger partial charge in [-0.2, -0.15) is 0 Å². The third-order valence-corrected chi connectivity index (χ3v) is 3.98. The summed E-state index contributed by atoms with van der Waals surface area (Å²) in [6, 6.07) is 0. The van der Waals surface area contributed by atoms with Gasteiger partial charge in [-0.1, -0.05) is 13.8 Å². The number of hydrogen-bond acceptors (Lipinski definition) is 2. The van der Waals surface area contributed by atoms with E-state index in [-0.39, 0.29) is 0 Å². The standard InChI is InChI=1S/C14H29N3/c1-12(2)13-6-5-10-17(11-8-13)9-4-3-7-14(15)16/h12-13H,3-11H2,1-2H3,(H3,15,16). The number of nitrogens with zero attached hydrogens (tertiary/aromatic N) is 1. The molecule has 0 spiro atoms. The van der Waals surface area contributed by atoms with Crippen LogP contribution in [0.2, 0.25) is 0 Å².